The fraction of sp³-hybridized carbons (Fsp3) is 0.389. The van der Waals surface area contributed by atoms with Gasteiger partial charge in [-0.05, 0) is 35.1 Å². The lowest BCUT2D eigenvalue weighted by Gasteiger charge is -2.21. The van der Waals surface area contributed by atoms with Crippen LogP contribution in [0.2, 0.25) is 0 Å². The van der Waals surface area contributed by atoms with Gasteiger partial charge in [0.1, 0.15) is 5.69 Å². The van der Waals surface area contributed by atoms with E-state index < -0.39 is 0 Å². The van der Waals surface area contributed by atoms with Gasteiger partial charge in [-0.1, -0.05) is 45.9 Å². The van der Waals surface area contributed by atoms with Crippen molar-refractivity contribution >= 4 is 5.97 Å². The summed E-state index contributed by atoms with van der Waals surface area (Å²) in [7, 11) is 1.41. The summed E-state index contributed by atoms with van der Waals surface area (Å²) in [6, 6.07) is 10.0. The Morgan fingerprint density at radius 1 is 1.00 bits per heavy atom. The van der Waals surface area contributed by atoms with Crippen molar-refractivity contribution in [2.45, 2.75) is 39.5 Å². The Balaban J connectivity index is 2.73. The number of rotatable bonds is 4. The number of hydrogen-bond donors (Lipinski definition) is 0. The first kappa shape index (κ1) is 15.4. The Kier molecular flexibility index (Phi) is 4.51. The molecule has 0 bridgehead atoms. The number of carbonyl (C=O) groups excluding carboxylic acids is 1. The van der Waals surface area contributed by atoms with Crippen LogP contribution >= 0.6 is 0 Å². The lowest BCUT2D eigenvalue weighted by molar-refractivity contribution is 0.0591. The van der Waals surface area contributed by atoms with Crippen molar-refractivity contribution in [1.29, 1.82) is 0 Å². The zero-order valence-electron chi connectivity index (χ0n) is 13.4. The second kappa shape index (κ2) is 6.17. The Labute approximate surface area is 126 Å². The molecule has 1 aromatic carbocycles. The molecule has 1 aromatic heterocycles. The highest BCUT2D eigenvalue weighted by atomic mass is 16.5. The van der Waals surface area contributed by atoms with Crippen LogP contribution in [0.1, 0.15) is 61.1 Å². The second-order valence-electron chi connectivity index (χ2n) is 5.85. The molecule has 2 rings (SSSR count). The number of aromatic nitrogens is 1. The van der Waals surface area contributed by atoms with Crippen molar-refractivity contribution in [3.05, 3.63) is 53.3 Å². The van der Waals surface area contributed by atoms with Crippen LogP contribution < -0.4 is 0 Å². The van der Waals surface area contributed by atoms with Gasteiger partial charge >= 0.3 is 5.97 Å². The molecule has 112 valence electrons. The van der Waals surface area contributed by atoms with Crippen molar-refractivity contribution in [2.24, 2.45) is 0 Å². The Hall–Kier alpha value is -2.03. The summed E-state index contributed by atoms with van der Waals surface area (Å²) in [5.74, 6) is 0.450. The van der Waals surface area contributed by atoms with Gasteiger partial charge in [0.15, 0.2) is 0 Å². The van der Waals surface area contributed by atoms with E-state index in [0.717, 1.165) is 5.69 Å². The minimum absolute atomic E-state index is 0.312. The molecule has 0 atom stereocenters. The standard InChI is InChI=1S/C18H23NO2/c1-12(2)14-8-6-9-15(13(3)4)17(14)19-11-7-10-16(19)18(20)21-5/h6-13H,1-5H3. The van der Waals surface area contributed by atoms with E-state index in [-0.39, 0.29) is 5.97 Å². The van der Waals surface area contributed by atoms with Gasteiger partial charge in [0.2, 0.25) is 0 Å². The molecule has 0 saturated carbocycles. The van der Waals surface area contributed by atoms with Crippen molar-refractivity contribution in [3.8, 4) is 5.69 Å². The van der Waals surface area contributed by atoms with E-state index >= 15 is 0 Å². The number of esters is 1. The Bertz CT molecular complexity index is 612. The number of nitrogens with zero attached hydrogens (tertiary/aromatic N) is 1. The quantitative estimate of drug-likeness (QED) is 0.774. The SMILES string of the molecule is COC(=O)c1cccn1-c1c(C(C)C)cccc1C(C)C. The molecule has 0 saturated heterocycles. The van der Waals surface area contributed by atoms with E-state index in [1.807, 2.05) is 16.8 Å². The first-order chi connectivity index (χ1) is 9.97. The fourth-order valence-corrected chi connectivity index (χ4v) is 2.64. The van der Waals surface area contributed by atoms with Gasteiger partial charge in [0.05, 0.1) is 12.8 Å². The summed E-state index contributed by atoms with van der Waals surface area (Å²) in [5.41, 5.74) is 4.14. The molecule has 1 heterocycles. The third-order valence-corrected chi connectivity index (χ3v) is 3.73. The van der Waals surface area contributed by atoms with Crippen molar-refractivity contribution in [3.63, 3.8) is 0 Å². The van der Waals surface area contributed by atoms with Crippen LogP contribution in [-0.4, -0.2) is 17.6 Å². The van der Waals surface area contributed by atoms with Gasteiger partial charge < -0.3 is 9.30 Å². The van der Waals surface area contributed by atoms with Crippen LogP contribution in [0, 0.1) is 0 Å². The van der Waals surface area contributed by atoms with Crippen LogP contribution in [0.3, 0.4) is 0 Å². The zero-order valence-corrected chi connectivity index (χ0v) is 13.4. The highest BCUT2D eigenvalue weighted by Gasteiger charge is 2.19. The maximum atomic E-state index is 12.0. The molecule has 0 spiro atoms. The molecule has 3 nitrogen and oxygen atoms in total. The normalized spacial score (nSPS) is 11.2. The van der Waals surface area contributed by atoms with Gasteiger partial charge in [-0.3, -0.25) is 0 Å². The number of ether oxygens (including phenoxy) is 1. The van der Waals surface area contributed by atoms with Crippen LogP contribution in [-0.2, 0) is 4.74 Å². The van der Waals surface area contributed by atoms with E-state index in [9.17, 15) is 4.79 Å². The molecule has 0 aliphatic carbocycles. The van der Waals surface area contributed by atoms with Gasteiger partial charge in [0, 0.05) is 6.20 Å². The number of benzene rings is 1. The lowest BCUT2D eigenvalue weighted by atomic mass is 9.92. The largest absolute Gasteiger partial charge is 0.464 e. The fourth-order valence-electron chi connectivity index (χ4n) is 2.64. The number of methoxy groups -OCH3 is 1. The van der Waals surface area contributed by atoms with E-state index in [0.29, 0.717) is 17.5 Å². The molecule has 21 heavy (non-hydrogen) atoms. The second-order valence-corrected chi connectivity index (χ2v) is 5.85. The lowest BCUT2D eigenvalue weighted by Crippen LogP contribution is -2.13. The number of carbonyl (C=O) groups is 1. The summed E-state index contributed by atoms with van der Waals surface area (Å²) in [4.78, 5) is 12.0. The van der Waals surface area contributed by atoms with Crippen LogP contribution in [0.5, 0.6) is 0 Å². The third kappa shape index (κ3) is 2.87. The summed E-state index contributed by atoms with van der Waals surface area (Å²) < 4.78 is 6.85. The third-order valence-electron chi connectivity index (χ3n) is 3.73. The highest BCUT2D eigenvalue weighted by Crippen LogP contribution is 2.32. The van der Waals surface area contributed by atoms with Gasteiger partial charge in [-0.2, -0.15) is 0 Å². The predicted molar refractivity (Wildman–Crippen MR) is 85.3 cm³/mol. The topological polar surface area (TPSA) is 31.2 Å². The van der Waals surface area contributed by atoms with Crippen molar-refractivity contribution in [1.82, 2.24) is 4.57 Å². The minimum atomic E-state index is -0.312. The van der Waals surface area contributed by atoms with Crippen molar-refractivity contribution in [2.75, 3.05) is 7.11 Å². The summed E-state index contributed by atoms with van der Waals surface area (Å²) >= 11 is 0. The average molecular weight is 285 g/mol. The minimum Gasteiger partial charge on any atom is -0.464 e. The molecule has 0 radical (unpaired) electrons. The van der Waals surface area contributed by atoms with Crippen LogP contribution in [0.4, 0.5) is 0 Å². The molecule has 0 fully saturated rings. The molecule has 0 aliphatic heterocycles. The molecule has 0 aliphatic rings. The maximum Gasteiger partial charge on any atom is 0.355 e. The highest BCUT2D eigenvalue weighted by molar-refractivity contribution is 5.88. The predicted octanol–water partition coefficient (Wildman–Crippen LogP) is 4.51. The molecule has 0 amide bonds. The first-order valence-electron chi connectivity index (χ1n) is 7.36. The van der Waals surface area contributed by atoms with E-state index in [4.69, 9.17) is 4.74 Å². The average Bonchev–Trinajstić information content (AvgIpc) is 2.94. The number of para-hydroxylation sites is 1. The first-order valence-corrected chi connectivity index (χ1v) is 7.36. The van der Waals surface area contributed by atoms with E-state index in [2.05, 4.69) is 45.9 Å². The number of hydrogen-bond acceptors (Lipinski definition) is 2. The maximum absolute atomic E-state index is 12.0. The molecular weight excluding hydrogens is 262 g/mol. The summed E-state index contributed by atoms with van der Waals surface area (Å²) in [6.07, 6.45) is 1.93. The van der Waals surface area contributed by atoms with Gasteiger partial charge in [-0.15, -0.1) is 0 Å². The molecule has 3 heteroatoms. The zero-order chi connectivity index (χ0) is 15.6. The molecule has 2 aromatic rings. The van der Waals surface area contributed by atoms with Crippen LogP contribution in [0.15, 0.2) is 36.5 Å². The summed E-state index contributed by atoms with van der Waals surface area (Å²) in [6.45, 7) is 8.68. The van der Waals surface area contributed by atoms with E-state index in [1.165, 1.54) is 18.2 Å². The summed E-state index contributed by atoms with van der Waals surface area (Å²) in [5, 5.41) is 0. The van der Waals surface area contributed by atoms with Crippen LogP contribution in [0.25, 0.3) is 5.69 Å². The van der Waals surface area contributed by atoms with E-state index in [1.54, 1.807) is 6.07 Å². The Morgan fingerprint density at radius 3 is 2.05 bits per heavy atom. The molecular formula is C18H23NO2. The monoisotopic (exact) mass is 285 g/mol. The molecule has 0 unspecified atom stereocenters. The van der Waals surface area contributed by atoms with Gasteiger partial charge in [0.25, 0.3) is 0 Å². The van der Waals surface area contributed by atoms with Crippen molar-refractivity contribution < 1.29 is 9.53 Å². The molecule has 0 N–H and O–H groups in total. The smallest absolute Gasteiger partial charge is 0.355 e. The van der Waals surface area contributed by atoms with Gasteiger partial charge in [-0.25, -0.2) is 4.79 Å². The Morgan fingerprint density at radius 2 is 1.57 bits per heavy atom.